The minimum Gasteiger partial charge on any atom is -0.368 e. The molecule has 1 aliphatic rings. The van der Waals surface area contributed by atoms with Gasteiger partial charge in [-0.05, 0) is 25.2 Å². The predicted octanol–water partition coefficient (Wildman–Crippen LogP) is 0.181. The summed E-state index contributed by atoms with van der Waals surface area (Å²) in [6, 6.07) is 0.289. The maximum Gasteiger partial charge on any atom is 0.245 e. The van der Waals surface area contributed by atoms with Crippen LogP contribution in [0.15, 0.2) is 0 Å². The zero-order valence-electron chi connectivity index (χ0n) is 7.59. The van der Waals surface area contributed by atoms with Crippen LogP contribution in [0.4, 0.5) is 0 Å². The number of hydrogen-bond donors (Lipinski definition) is 2. The molecular weight excluding hydrogens is 156 g/mol. The molecule has 12 heavy (non-hydrogen) atoms. The van der Waals surface area contributed by atoms with Gasteiger partial charge >= 0.3 is 0 Å². The lowest BCUT2D eigenvalue weighted by atomic mass is 10.0. The van der Waals surface area contributed by atoms with E-state index in [4.69, 9.17) is 10.6 Å². The molecule has 0 radical (unpaired) electrons. The van der Waals surface area contributed by atoms with Crippen LogP contribution in [0.3, 0.4) is 0 Å². The molecule has 1 aliphatic carbocycles. The molecule has 0 aliphatic heterocycles. The second-order valence-corrected chi connectivity index (χ2v) is 3.75. The van der Waals surface area contributed by atoms with Crippen LogP contribution in [0.5, 0.6) is 0 Å². The van der Waals surface area contributed by atoms with Gasteiger partial charge in [-0.25, -0.2) is 0 Å². The van der Waals surface area contributed by atoms with Crippen molar-refractivity contribution in [2.75, 3.05) is 6.61 Å². The van der Waals surface area contributed by atoms with Crippen molar-refractivity contribution in [2.24, 2.45) is 11.1 Å². The van der Waals surface area contributed by atoms with Gasteiger partial charge in [0.15, 0.2) is 0 Å². The molecule has 0 aromatic carbocycles. The third-order valence-electron chi connectivity index (χ3n) is 2.56. The molecule has 1 amide bonds. The van der Waals surface area contributed by atoms with Gasteiger partial charge in [-0.3, -0.25) is 9.63 Å². The average molecular weight is 172 g/mol. The number of hydroxylamine groups is 1. The number of amides is 1. The molecule has 1 unspecified atom stereocenters. The largest absolute Gasteiger partial charge is 0.368 e. The van der Waals surface area contributed by atoms with Gasteiger partial charge in [0.2, 0.25) is 5.91 Å². The van der Waals surface area contributed by atoms with Crippen molar-refractivity contribution in [1.82, 2.24) is 5.48 Å². The molecule has 1 saturated carbocycles. The van der Waals surface area contributed by atoms with Gasteiger partial charge in [-0.1, -0.05) is 6.92 Å². The number of carbonyl (C=O) groups excluding carboxylic acids is 1. The van der Waals surface area contributed by atoms with E-state index in [0.29, 0.717) is 5.41 Å². The minimum absolute atomic E-state index is 0.0551. The summed E-state index contributed by atoms with van der Waals surface area (Å²) in [5.74, 6) is -0.448. The van der Waals surface area contributed by atoms with Gasteiger partial charge in [0, 0.05) is 6.04 Å². The van der Waals surface area contributed by atoms with E-state index < -0.39 is 5.91 Å². The third-order valence-corrected chi connectivity index (χ3v) is 2.56. The lowest BCUT2D eigenvalue weighted by Gasteiger charge is -2.19. The summed E-state index contributed by atoms with van der Waals surface area (Å²) in [5.41, 5.74) is 8.07. The number of nitrogens with two attached hydrogens (primary N) is 1. The smallest absolute Gasteiger partial charge is 0.245 e. The molecule has 4 heteroatoms. The van der Waals surface area contributed by atoms with Crippen LogP contribution in [-0.2, 0) is 9.63 Å². The number of rotatable bonds is 5. The quantitative estimate of drug-likeness (QED) is 0.581. The molecular formula is C8H16N2O2. The summed E-state index contributed by atoms with van der Waals surface area (Å²) < 4.78 is 0. The van der Waals surface area contributed by atoms with Crippen LogP contribution in [-0.4, -0.2) is 18.6 Å². The van der Waals surface area contributed by atoms with E-state index in [-0.39, 0.29) is 12.6 Å². The topological polar surface area (TPSA) is 64.3 Å². The van der Waals surface area contributed by atoms with E-state index in [1.54, 1.807) is 0 Å². The molecule has 0 saturated heterocycles. The van der Waals surface area contributed by atoms with Crippen molar-refractivity contribution >= 4 is 5.91 Å². The summed E-state index contributed by atoms with van der Waals surface area (Å²) >= 11 is 0. The molecule has 1 fully saturated rings. The van der Waals surface area contributed by atoms with Crippen molar-refractivity contribution in [1.29, 1.82) is 0 Å². The third kappa shape index (κ3) is 2.46. The van der Waals surface area contributed by atoms with E-state index >= 15 is 0 Å². The summed E-state index contributed by atoms with van der Waals surface area (Å²) in [4.78, 5) is 15.2. The van der Waals surface area contributed by atoms with Crippen LogP contribution in [0, 0.1) is 5.41 Å². The Labute approximate surface area is 72.4 Å². The number of hydrogen-bond acceptors (Lipinski definition) is 3. The van der Waals surface area contributed by atoms with Gasteiger partial charge in [-0.15, -0.1) is 0 Å². The van der Waals surface area contributed by atoms with E-state index in [0.717, 1.165) is 0 Å². The number of nitrogens with one attached hydrogen (secondary N) is 1. The van der Waals surface area contributed by atoms with Crippen molar-refractivity contribution in [3.8, 4) is 0 Å². The Bertz CT molecular complexity index is 178. The molecule has 0 aromatic heterocycles. The van der Waals surface area contributed by atoms with Crippen molar-refractivity contribution in [3.05, 3.63) is 0 Å². The van der Waals surface area contributed by atoms with E-state index in [1.165, 1.54) is 12.8 Å². The zero-order valence-corrected chi connectivity index (χ0v) is 7.59. The SMILES string of the molecule is CC(NOCC(N)=O)C1(C)CC1. The lowest BCUT2D eigenvalue weighted by molar-refractivity contribution is -0.126. The average Bonchev–Trinajstić information content (AvgIpc) is 2.68. The molecule has 0 bridgehead atoms. The van der Waals surface area contributed by atoms with Gasteiger partial charge in [0.1, 0.15) is 6.61 Å². The molecule has 0 heterocycles. The van der Waals surface area contributed by atoms with Gasteiger partial charge in [0.25, 0.3) is 0 Å². The van der Waals surface area contributed by atoms with E-state index in [2.05, 4.69) is 12.4 Å². The highest BCUT2D eigenvalue weighted by atomic mass is 16.6. The van der Waals surface area contributed by atoms with Crippen LogP contribution in [0.25, 0.3) is 0 Å². The highest BCUT2D eigenvalue weighted by Crippen LogP contribution is 2.47. The van der Waals surface area contributed by atoms with Gasteiger partial charge < -0.3 is 5.73 Å². The van der Waals surface area contributed by atoms with E-state index in [9.17, 15) is 4.79 Å². The fourth-order valence-electron chi connectivity index (χ4n) is 1.01. The summed E-state index contributed by atoms with van der Waals surface area (Å²) in [6.07, 6.45) is 2.45. The zero-order chi connectivity index (χ0) is 9.19. The highest BCUT2D eigenvalue weighted by molar-refractivity contribution is 5.74. The summed E-state index contributed by atoms with van der Waals surface area (Å²) in [7, 11) is 0. The van der Waals surface area contributed by atoms with Crippen LogP contribution >= 0.6 is 0 Å². The predicted molar refractivity (Wildman–Crippen MR) is 45.1 cm³/mol. The minimum atomic E-state index is -0.448. The van der Waals surface area contributed by atoms with Crippen molar-refractivity contribution < 1.29 is 9.63 Å². The Morgan fingerprint density at radius 3 is 2.75 bits per heavy atom. The normalized spacial score (nSPS) is 21.8. The van der Waals surface area contributed by atoms with Crippen LogP contribution in [0.1, 0.15) is 26.7 Å². The van der Waals surface area contributed by atoms with Crippen molar-refractivity contribution in [3.63, 3.8) is 0 Å². The first-order valence-corrected chi connectivity index (χ1v) is 4.20. The fraction of sp³-hybridized carbons (Fsp3) is 0.875. The maximum absolute atomic E-state index is 10.3. The molecule has 0 aromatic rings. The Hall–Kier alpha value is -0.610. The highest BCUT2D eigenvalue weighted by Gasteiger charge is 2.42. The van der Waals surface area contributed by atoms with Gasteiger partial charge in [-0.2, -0.15) is 5.48 Å². The van der Waals surface area contributed by atoms with Crippen LogP contribution < -0.4 is 11.2 Å². The first-order valence-electron chi connectivity index (χ1n) is 4.20. The second-order valence-electron chi connectivity index (χ2n) is 3.75. The van der Waals surface area contributed by atoms with Crippen molar-refractivity contribution in [2.45, 2.75) is 32.7 Å². The Morgan fingerprint density at radius 2 is 2.33 bits per heavy atom. The first kappa shape index (κ1) is 9.48. The monoisotopic (exact) mass is 172 g/mol. The number of carbonyl (C=O) groups is 1. The molecule has 1 atom stereocenters. The Kier molecular flexibility index (Phi) is 2.69. The molecule has 70 valence electrons. The fourth-order valence-corrected chi connectivity index (χ4v) is 1.01. The lowest BCUT2D eigenvalue weighted by Crippen LogP contribution is -2.35. The second kappa shape index (κ2) is 3.41. The Balaban J connectivity index is 2.10. The first-order chi connectivity index (χ1) is 5.54. The standard InChI is InChI=1S/C8H16N2O2/c1-6(8(2)3-4-8)10-12-5-7(9)11/h6,10H,3-5H2,1-2H3,(H2,9,11). The maximum atomic E-state index is 10.3. The summed E-state index contributed by atoms with van der Waals surface area (Å²) in [6.45, 7) is 4.19. The molecule has 1 rings (SSSR count). The molecule has 4 nitrogen and oxygen atoms in total. The Morgan fingerprint density at radius 1 is 1.75 bits per heavy atom. The molecule has 3 N–H and O–H groups in total. The van der Waals surface area contributed by atoms with Gasteiger partial charge in [0.05, 0.1) is 0 Å². The van der Waals surface area contributed by atoms with E-state index in [1.807, 2.05) is 6.92 Å². The molecule has 0 spiro atoms. The number of primary amides is 1. The van der Waals surface area contributed by atoms with Crippen LogP contribution in [0.2, 0.25) is 0 Å². The summed E-state index contributed by atoms with van der Waals surface area (Å²) in [5, 5.41) is 0.